The Bertz CT molecular complexity index is 1070. The number of halogens is 1. The van der Waals surface area contributed by atoms with Crippen LogP contribution in [0.25, 0.3) is 22.3 Å². The fraction of sp³-hybridized carbons (Fsp3) is 0.367. The zero-order valence-corrected chi connectivity index (χ0v) is 20.4. The number of amides is 1. The van der Waals surface area contributed by atoms with E-state index in [-0.39, 0.29) is 11.7 Å². The van der Waals surface area contributed by atoms with Gasteiger partial charge in [-0.05, 0) is 104 Å². The predicted molar refractivity (Wildman–Crippen MR) is 138 cm³/mol. The van der Waals surface area contributed by atoms with Crippen LogP contribution in [0.4, 0.5) is 4.39 Å². The molecular weight excluding hydrogens is 423 g/mol. The molecule has 0 spiro atoms. The normalized spacial score (nSPS) is 18.1. The van der Waals surface area contributed by atoms with Crippen LogP contribution in [0.15, 0.2) is 66.7 Å². The second-order valence-electron chi connectivity index (χ2n) is 10.3. The Hall–Kier alpha value is -2.98. The maximum atomic E-state index is 13.6. The predicted octanol–water partition coefficient (Wildman–Crippen LogP) is 6.24. The molecule has 1 aliphatic carbocycles. The van der Waals surface area contributed by atoms with Gasteiger partial charge < -0.3 is 11.1 Å². The monoisotopic (exact) mass is 458 g/mol. The molecule has 0 aromatic heterocycles. The zero-order chi connectivity index (χ0) is 24.3. The van der Waals surface area contributed by atoms with Crippen molar-refractivity contribution in [2.75, 3.05) is 13.1 Å². The van der Waals surface area contributed by atoms with Gasteiger partial charge in [0.25, 0.3) is 0 Å². The van der Waals surface area contributed by atoms with Crippen molar-refractivity contribution < 1.29 is 9.18 Å². The van der Waals surface area contributed by atoms with Gasteiger partial charge in [-0.1, -0.05) is 54.1 Å². The maximum absolute atomic E-state index is 13.6. The van der Waals surface area contributed by atoms with Gasteiger partial charge in [0.15, 0.2) is 0 Å². The summed E-state index contributed by atoms with van der Waals surface area (Å²) in [5.74, 6) is 0.846. The molecule has 34 heavy (non-hydrogen) atoms. The number of benzene rings is 3. The van der Waals surface area contributed by atoms with Crippen LogP contribution in [0.5, 0.6) is 0 Å². The first-order chi connectivity index (χ1) is 16.3. The summed E-state index contributed by atoms with van der Waals surface area (Å²) >= 11 is 0. The molecule has 1 amide bonds. The number of hydrogen-bond acceptors (Lipinski definition) is 2. The summed E-state index contributed by atoms with van der Waals surface area (Å²) in [7, 11) is 0. The summed E-state index contributed by atoms with van der Waals surface area (Å²) in [6.45, 7) is 7.44. The average molecular weight is 459 g/mol. The summed E-state index contributed by atoms with van der Waals surface area (Å²) in [5.41, 5.74) is 11.3. The minimum Gasteiger partial charge on any atom is -0.355 e. The minimum atomic E-state index is -0.721. The SMILES string of the molecule is Cc1ccc(-c2cc(-c3ccc(F)cc3)cc(C(C)(C)C(=O)NC[C@H]3CC[C@@H](CN)C3)c2)cc1. The molecule has 178 valence electrons. The van der Waals surface area contributed by atoms with Gasteiger partial charge in [-0.15, -0.1) is 0 Å². The molecule has 3 N–H and O–H groups in total. The molecule has 4 rings (SSSR count). The van der Waals surface area contributed by atoms with Gasteiger partial charge in [0.1, 0.15) is 5.82 Å². The highest BCUT2D eigenvalue weighted by molar-refractivity contribution is 5.89. The standard InChI is InChI=1S/C30H35FN2O/c1-20-4-8-23(9-5-20)25-15-26(24-10-12-28(31)13-11-24)17-27(16-25)30(2,3)29(34)33-19-22-7-6-21(14-22)18-32/h4-5,8-13,15-17,21-22H,6-7,14,18-19,32H2,1-3H3,(H,33,34)/t21-,22+/m1/s1. The first kappa shape index (κ1) is 24.2. The number of rotatable bonds is 7. The van der Waals surface area contributed by atoms with Crippen LogP contribution in [0.1, 0.15) is 44.2 Å². The Kier molecular flexibility index (Phi) is 7.18. The van der Waals surface area contributed by atoms with Gasteiger partial charge in [-0.3, -0.25) is 4.79 Å². The van der Waals surface area contributed by atoms with E-state index in [9.17, 15) is 9.18 Å². The molecule has 0 bridgehead atoms. The van der Waals surface area contributed by atoms with E-state index in [4.69, 9.17) is 5.73 Å². The third kappa shape index (κ3) is 5.39. The van der Waals surface area contributed by atoms with Crippen molar-refractivity contribution >= 4 is 5.91 Å². The van der Waals surface area contributed by atoms with E-state index in [2.05, 4.69) is 54.7 Å². The highest BCUT2D eigenvalue weighted by atomic mass is 19.1. The maximum Gasteiger partial charge on any atom is 0.230 e. The Balaban J connectivity index is 1.65. The fourth-order valence-corrected chi connectivity index (χ4v) is 4.88. The lowest BCUT2D eigenvalue weighted by molar-refractivity contribution is -0.125. The Morgan fingerprint density at radius 1 is 0.912 bits per heavy atom. The molecule has 1 aliphatic rings. The lowest BCUT2D eigenvalue weighted by Crippen LogP contribution is -2.42. The molecule has 3 aromatic carbocycles. The van der Waals surface area contributed by atoms with Crippen molar-refractivity contribution in [2.45, 2.75) is 45.4 Å². The molecule has 0 heterocycles. The van der Waals surface area contributed by atoms with Crippen LogP contribution in [-0.4, -0.2) is 19.0 Å². The molecule has 0 unspecified atom stereocenters. The van der Waals surface area contributed by atoms with E-state index in [1.54, 1.807) is 12.1 Å². The fourth-order valence-electron chi connectivity index (χ4n) is 4.88. The first-order valence-electron chi connectivity index (χ1n) is 12.2. The lowest BCUT2D eigenvalue weighted by Gasteiger charge is -2.27. The van der Waals surface area contributed by atoms with Crippen molar-refractivity contribution in [3.05, 3.63) is 83.7 Å². The van der Waals surface area contributed by atoms with Gasteiger partial charge in [-0.25, -0.2) is 4.39 Å². The number of carbonyl (C=O) groups excluding carboxylic acids is 1. The molecule has 2 atom stereocenters. The van der Waals surface area contributed by atoms with Crippen molar-refractivity contribution in [1.29, 1.82) is 0 Å². The van der Waals surface area contributed by atoms with E-state index in [1.807, 2.05) is 13.8 Å². The quantitative estimate of drug-likeness (QED) is 0.440. The average Bonchev–Trinajstić information content (AvgIpc) is 3.31. The highest BCUT2D eigenvalue weighted by Gasteiger charge is 2.32. The number of nitrogens with two attached hydrogens (primary N) is 1. The van der Waals surface area contributed by atoms with E-state index in [0.717, 1.165) is 53.6 Å². The smallest absolute Gasteiger partial charge is 0.230 e. The van der Waals surface area contributed by atoms with Crippen molar-refractivity contribution in [1.82, 2.24) is 5.32 Å². The summed E-state index contributed by atoms with van der Waals surface area (Å²) < 4.78 is 13.6. The van der Waals surface area contributed by atoms with E-state index < -0.39 is 5.41 Å². The van der Waals surface area contributed by atoms with Gasteiger partial charge in [-0.2, -0.15) is 0 Å². The summed E-state index contributed by atoms with van der Waals surface area (Å²) in [6.07, 6.45) is 3.37. The van der Waals surface area contributed by atoms with Gasteiger partial charge in [0, 0.05) is 6.54 Å². The van der Waals surface area contributed by atoms with Crippen LogP contribution >= 0.6 is 0 Å². The minimum absolute atomic E-state index is 0.0230. The van der Waals surface area contributed by atoms with Crippen LogP contribution in [0.3, 0.4) is 0 Å². The van der Waals surface area contributed by atoms with E-state index >= 15 is 0 Å². The Morgan fingerprint density at radius 2 is 1.47 bits per heavy atom. The number of nitrogens with one attached hydrogen (secondary N) is 1. The van der Waals surface area contributed by atoms with Crippen molar-refractivity contribution in [3.8, 4) is 22.3 Å². The first-order valence-corrected chi connectivity index (χ1v) is 12.2. The molecule has 0 aliphatic heterocycles. The van der Waals surface area contributed by atoms with Crippen molar-refractivity contribution in [3.63, 3.8) is 0 Å². The Morgan fingerprint density at radius 3 is 2.03 bits per heavy atom. The van der Waals surface area contributed by atoms with Gasteiger partial charge >= 0.3 is 0 Å². The largest absolute Gasteiger partial charge is 0.355 e. The van der Waals surface area contributed by atoms with Crippen LogP contribution in [0.2, 0.25) is 0 Å². The molecule has 3 aromatic rings. The molecule has 0 saturated heterocycles. The van der Waals surface area contributed by atoms with Crippen LogP contribution in [0, 0.1) is 24.6 Å². The molecule has 3 nitrogen and oxygen atoms in total. The second kappa shape index (κ2) is 10.1. The van der Waals surface area contributed by atoms with Gasteiger partial charge in [0.05, 0.1) is 5.41 Å². The summed E-state index contributed by atoms with van der Waals surface area (Å²) in [4.78, 5) is 13.4. The lowest BCUT2D eigenvalue weighted by atomic mass is 9.80. The molecular formula is C30H35FN2O. The Labute approximate surface area is 202 Å². The number of aryl methyl sites for hydroxylation is 1. The zero-order valence-electron chi connectivity index (χ0n) is 20.4. The third-order valence-electron chi connectivity index (χ3n) is 7.32. The second-order valence-corrected chi connectivity index (χ2v) is 10.3. The van der Waals surface area contributed by atoms with E-state index in [0.29, 0.717) is 18.4 Å². The van der Waals surface area contributed by atoms with Crippen molar-refractivity contribution in [2.24, 2.45) is 17.6 Å². The van der Waals surface area contributed by atoms with E-state index in [1.165, 1.54) is 17.7 Å². The molecule has 1 saturated carbocycles. The third-order valence-corrected chi connectivity index (χ3v) is 7.32. The molecule has 4 heteroatoms. The van der Waals surface area contributed by atoms with Gasteiger partial charge in [0.2, 0.25) is 5.91 Å². The molecule has 0 radical (unpaired) electrons. The summed E-state index contributed by atoms with van der Waals surface area (Å²) in [6, 6.07) is 21.2. The highest BCUT2D eigenvalue weighted by Crippen LogP contribution is 2.35. The van der Waals surface area contributed by atoms with Crippen LogP contribution < -0.4 is 11.1 Å². The number of hydrogen-bond donors (Lipinski definition) is 2. The molecule has 1 fully saturated rings. The number of carbonyl (C=O) groups is 1. The topological polar surface area (TPSA) is 55.1 Å². The van der Waals surface area contributed by atoms with Crippen LogP contribution in [-0.2, 0) is 10.2 Å². The summed E-state index contributed by atoms with van der Waals surface area (Å²) in [5, 5.41) is 3.21.